The smallest absolute Gasteiger partial charge is 0.119 e. The number of anilines is 1. The first-order valence-electron chi connectivity index (χ1n) is 7.49. The second kappa shape index (κ2) is 8.32. The van der Waals surface area contributed by atoms with E-state index in [9.17, 15) is 0 Å². The van der Waals surface area contributed by atoms with Gasteiger partial charge in [-0.25, -0.2) is 5.43 Å². The highest BCUT2D eigenvalue weighted by Crippen LogP contribution is 2.14. The lowest BCUT2D eigenvalue weighted by Gasteiger charge is -2.11. The predicted molar refractivity (Wildman–Crippen MR) is 88.3 cm³/mol. The SMILES string of the molecule is CC(C)CCOc1cccc(CNNc2ccccc2)c1. The van der Waals surface area contributed by atoms with E-state index in [1.807, 2.05) is 42.5 Å². The van der Waals surface area contributed by atoms with Gasteiger partial charge in [0.2, 0.25) is 0 Å². The van der Waals surface area contributed by atoms with Gasteiger partial charge in [-0.1, -0.05) is 44.2 Å². The third-order valence-corrected chi connectivity index (χ3v) is 3.16. The maximum atomic E-state index is 5.77. The van der Waals surface area contributed by atoms with Crippen molar-refractivity contribution in [2.45, 2.75) is 26.8 Å². The van der Waals surface area contributed by atoms with E-state index in [-0.39, 0.29) is 0 Å². The number of benzene rings is 2. The molecule has 0 spiro atoms. The van der Waals surface area contributed by atoms with E-state index >= 15 is 0 Å². The lowest BCUT2D eigenvalue weighted by atomic mass is 10.1. The first-order valence-corrected chi connectivity index (χ1v) is 7.49. The lowest BCUT2D eigenvalue weighted by molar-refractivity contribution is 0.289. The molecule has 0 aliphatic heterocycles. The average Bonchev–Trinajstić information content (AvgIpc) is 2.48. The van der Waals surface area contributed by atoms with Crippen molar-refractivity contribution in [1.29, 1.82) is 0 Å². The minimum absolute atomic E-state index is 0.671. The molecular weight excluding hydrogens is 260 g/mol. The van der Waals surface area contributed by atoms with Crippen LogP contribution in [0.4, 0.5) is 5.69 Å². The Morgan fingerprint density at radius 1 is 1.00 bits per heavy atom. The molecule has 0 bridgehead atoms. The molecule has 0 atom stereocenters. The first kappa shape index (κ1) is 15.4. The molecule has 2 N–H and O–H groups in total. The third-order valence-electron chi connectivity index (χ3n) is 3.16. The zero-order chi connectivity index (χ0) is 14.9. The van der Waals surface area contributed by atoms with Crippen molar-refractivity contribution in [3.05, 3.63) is 60.2 Å². The summed E-state index contributed by atoms with van der Waals surface area (Å²) in [6.07, 6.45) is 1.08. The van der Waals surface area contributed by atoms with Gasteiger partial charge in [-0.3, -0.25) is 0 Å². The van der Waals surface area contributed by atoms with Gasteiger partial charge in [-0.15, -0.1) is 0 Å². The molecule has 0 saturated carbocycles. The quantitative estimate of drug-likeness (QED) is 0.712. The van der Waals surface area contributed by atoms with Crippen LogP contribution in [0.5, 0.6) is 5.75 Å². The van der Waals surface area contributed by atoms with Crippen molar-refractivity contribution in [2.24, 2.45) is 5.92 Å². The van der Waals surface area contributed by atoms with Crippen LogP contribution >= 0.6 is 0 Å². The van der Waals surface area contributed by atoms with Crippen molar-refractivity contribution in [3.63, 3.8) is 0 Å². The highest BCUT2D eigenvalue weighted by molar-refractivity contribution is 5.41. The van der Waals surface area contributed by atoms with E-state index < -0.39 is 0 Å². The predicted octanol–water partition coefficient (Wildman–Crippen LogP) is 4.23. The summed E-state index contributed by atoms with van der Waals surface area (Å²) in [6, 6.07) is 18.3. The van der Waals surface area contributed by atoms with Gasteiger partial charge in [-0.2, -0.15) is 0 Å². The van der Waals surface area contributed by atoms with Gasteiger partial charge in [-0.05, 0) is 42.2 Å². The number of rotatable bonds is 8. The Kier molecular flexibility index (Phi) is 6.10. The molecule has 0 saturated heterocycles. The molecule has 0 unspecified atom stereocenters. The molecule has 2 rings (SSSR count). The summed E-state index contributed by atoms with van der Waals surface area (Å²) in [7, 11) is 0. The Labute approximate surface area is 127 Å². The average molecular weight is 284 g/mol. The standard InChI is InChI=1S/C18H24N2O/c1-15(2)11-12-21-18-10-6-7-16(13-18)14-19-20-17-8-4-3-5-9-17/h3-10,13,15,19-20H,11-12,14H2,1-2H3. The second-order valence-electron chi connectivity index (χ2n) is 5.52. The van der Waals surface area contributed by atoms with Crippen LogP contribution < -0.4 is 15.6 Å². The fourth-order valence-electron chi connectivity index (χ4n) is 1.93. The van der Waals surface area contributed by atoms with Gasteiger partial charge in [0.05, 0.1) is 6.61 Å². The molecule has 0 amide bonds. The molecule has 3 heteroatoms. The first-order chi connectivity index (χ1) is 10.2. The monoisotopic (exact) mass is 284 g/mol. The van der Waals surface area contributed by atoms with Crippen LogP contribution in [-0.2, 0) is 6.54 Å². The summed E-state index contributed by atoms with van der Waals surface area (Å²) < 4.78 is 5.77. The number of ether oxygens (including phenoxy) is 1. The zero-order valence-electron chi connectivity index (χ0n) is 12.8. The summed E-state index contributed by atoms with van der Waals surface area (Å²) >= 11 is 0. The summed E-state index contributed by atoms with van der Waals surface area (Å²) in [6.45, 7) is 5.94. The van der Waals surface area contributed by atoms with Crippen molar-refractivity contribution in [3.8, 4) is 5.75 Å². The molecule has 0 aliphatic carbocycles. The third kappa shape index (κ3) is 5.88. The van der Waals surface area contributed by atoms with Gasteiger partial charge < -0.3 is 10.2 Å². The Hall–Kier alpha value is -2.00. The van der Waals surface area contributed by atoms with Crippen LogP contribution in [0.25, 0.3) is 0 Å². The molecule has 0 radical (unpaired) electrons. The maximum absolute atomic E-state index is 5.77. The minimum atomic E-state index is 0.671. The van der Waals surface area contributed by atoms with E-state index in [0.29, 0.717) is 5.92 Å². The Balaban J connectivity index is 1.78. The van der Waals surface area contributed by atoms with Crippen molar-refractivity contribution in [2.75, 3.05) is 12.0 Å². The molecule has 112 valence electrons. The van der Waals surface area contributed by atoms with Crippen LogP contribution in [0.1, 0.15) is 25.8 Å². The van der Waals surface area contributed by atoms with Crippen LogP contribution in [0.3, 0.4) is 0 Å². The zero-order valence-corrected chi connectivity index (χ0v) is 12.8. The van der Waals surface area contributed by atoms with E-state index in [1.54, 1.807) is 0 Å². The molecule has 0 aliphatic rings. The normalized spacial score (nSPS) is 10.6. The van der Waals surface area contributed by atoms with E-state index in [2.05, 4.69) is 36.8 Å². The second-order valence-corrected chi connectivity index (χ2v) is 5.52. The van der Waals surface area contributed by atoms with E-state index in [1.165, 1.54) is 5.56 Å². The molecule has 21 heavy (non-hydrogen) atoms. The topological polar surface area (TPSA) is 33.3 Å². The maximum Gasteiger partial charge on any atom is 0.119 e. The number of hydrogen-bond donors (Lipinski definition) is 2. The molecule has 0 aromatic heterocycles. The fraction of sp³-hybridized carbons (Fsp3) is 0.333. The molecule has 2 aromatic carbocycles. The summed E-state index contributed by atoms with van der Waals surface area (Å²) in [5.74, 6) is 1.61. The number of nitrogens with one attached hydrogen (secondary N) is 2. The molecule has 0 heterocycles. The van der Waals surface area contributed by atoms with Crippen molar-refractivity contribution < 1.29 is 4.74 Å². The van der Waals surface area contributed by atoms with Gasteiger partial charge in [0, 0.05) is 12.2 Å². The van der Waals surface area contributed by atoms with Gasteiger partial charge >= 0.3 is 0 Å². The largest absolute Gasteiger partial charge is 0.494 e. The van der Waals surface area contributed by atoms with Crippen molar-refractivity contribution in [1.82, 2.24) is 5.43 Å². The highest BCUT2D eigenvalue weighted by atomic mass is 16.5. The Morgan fingerprint density at radius 2 is 1.81 bits per heavy atom. The molecule has 0 fully saturated rings. The number of para-hydroxylation sites is 1. The Morgan fingerprint density at radius 3 is 2.57 bits per heavy atom. The fourth-order valence-corrected chi connectivity index (χ4v) is 1.93. The number of hydrogen-bond acceptors (Lipinski definition) is 3. The Bertz CT molecular complexity index is 526. The minimum Gasteiger partial charge on any atom is -0.494 e. The van der Waals surface area contributed by atoms with Gasteiger partial charge in [0.25, 0.3) is 0 Å². The molecular formula is C18H24N2O. The van der Waals surface area contributed by atoms with Gasteiger partial charge in [0.15, 0.2) is 0 Å². The van der Waals surface area contributed by atoms with E-state index in [4.69, 9.17) is 4.74 Å². The summed E-state index contributed by atoms with van der Waals surface area (Å²) in [4.78, 5) is 0. The molecule has 3 nitrogen and oxygen atoms in total. The lowest BCUT2D eigenvalue weighted by Crippen LogP contribution is -2.20. The van der Waals surface area contributed by atoms with Crippen molar-refractivity contribution >= 4 is 5.69 Å². The van der Waals surface area contributed by atoms with Crippen LogP contribution in [-0.4, -0.2) is 6.61 Å². The van der Waals surface area contributed by atoms with Crippen LogP contribution in [0.2, 0.25) is 0 Å². The van der Waals surface area contributed by atoms with Gasteiger partial charge in [0.1, 0.15) is 5.75 Å². The summed E-state index contributed by atoms with van der Waals surface area (Å²) in [5, 5.41) is 0. The van der Waals surface area contributed by atoms with E-state index in [0.717, 1.165) is 31.0 Å². The molecule has 2 aromatic rings. The number of hydrazine groups is 1. The van der Waals surface area contributed by atoms with Crippen LogP contribution in [0, 0.1) is 5.92 Å². The summed E-state index contributed by atoms with van der Waals surface area (Å²) in [5.41, 5.74) is 8.65. The highest BCUT2D eigenvalue weighted by Gasteiger charge is 1.99. The van der Waals surface area contributed by atoms with Crippen LogP contribution in [0.15, 0.2) is 54.6 Å².